The molecule has 0 unspecified atom stereocenters. The van der Waals surface area contributed by atoms with Gasteiger partial charge in [-0.25, -0.2) is 8.42 Å². The lowest BCUT2D eigenvalue weighted by Gasteiger charge is -2.23. The molecule has 1 saturated heterocycles. The van der Waals surface area contributed by atoms with E-state index in [1.807, 2.05) is 37.3 Å². The van der Waals surface area contributed by atoms with Crippen LogP contribution in [0.5, 0.6) is 11.5 Å². The van der Waals surface area contributed by atoms with Gasteiger partial charge in [0.1, 0.15) is 17.5 Å². The molecular formula is C24H24N2O4S. The number of sulfonamides is 1. The second-order valence-electron chi connectivity index (χ2n) is 7.52. The average Bonchev–Trinajstić information content (AvgIpc) is 3.27. The van der Waals surface area contributed by atoms with Crippen molar-refractivity contribution in [2.24, 2.45) is 0 Å². The third-order valence-electron chi connectivity index (χ3n) is 5.23. The Bertz CT molecular complexity index is 1140. The molecule has 7 heteroatoms. The van der Waals surface area contributed by atoms with Gasteiger partial charge in [-0.1, -0.05) is 35.9 Å². The van der Waals surface area contributed by atoms with Gasteiger partial charge in [-0.3, -0.25) is 4.79 Å². The van der Waals surface area contributed by atoms with Gasteiger partial charge in [-0.15, -0.1) is 0 Å². The number of nitrogens with zero attached hydrogens (tertiary/aromatic N) is 1. The molecule has 0 bridgehead atoms. The van der Waals surface area contributed by atoms with E-state index in [1.54, 1.807) is 48.5 Å². The van der Waals surface area contributed by atoms with Crippen molar-refractivity contribution in [1.29, 1.82) is 0 Å². The lowest BCUT2D eigenvalue weighted by atomic mass is 10.2. The topological polar surface area (TPSA) is 75.7 Å². The number of carbonyl (C=O) groups is 1. The first-order valence-electron chi connectivity index (χ1n) is 10.2. The van der Waals surface area contributed by atoms with Crippen LogP contribution in [0.25, 0.3) is 0 Å². The quantitative estimate of drug-likeness (QED) is 0.614. The number of aryl methyl sites for hydroxylation is 1. The van der Waals surface area contributed by atoms with Gasteiger partial charge < -0.3 is 10.1 Å². The maximum Gasteiger partial charge on any atom is 0.243 e. The van der Waals surface area contributed by atoms with Crippen molar-refractivity contribution in [3.05, 3.63) is 84.4 Å². The highest BCUT2D eigenvalue weighted by Crippen LogP contribution is 2.28. The zero-order valence-electron chi connectivity index (χ0n) is 17.2. The van der Waals surface area contributed by atoms with Gasteiger partial charge in [0.05, 0.1) is 4.90 Å². The SMILES string of the molecule is Cc1ccc(S(=O)(=O)N2CCC[C@@H]2C(=O)Nc2ccc(Oc3ccccc3)cc2)cc1. The van der Waals surface area contributed by atoms with Crippen molar-refractivity contribution in [3.63, 3.8) is 0 Å². The van der Waals surface area contributed by atoms with Crippen molar-refractivity contribution in [2.45, 2.75) is 30.7 Å². The summed E-state index contributed by atoms with van der Waals surface area (Å²) in [6, 6.07) is 22.4. The molecule has 1 aliphatic rings. The molecule has 0 spiro atoms. The normalized spacial score (nSPS) is 16.7. The molecule has 1 fully saturated rings. The summed E-state index contributed by atoms with van der Waals surface area (Å²) in [5, 5.41) is 2.84. The zero-order valence-corrected chi connectivity index (χ0v) is 18.0. The largest absolute Gasteiger partial charge is 0.457 e. The number of para-hydroxylation sites is 1. The molecule has 1 heterocycles. The number of benzene rings is 3. The Balaban J connectivity index is 1.44. The molecule has 1 aliphatic heterocycles. The van der Waals surface area contributed by atoms with Gasteiger partial charge in [-0.2, -0.15) is 4.31 Å². The van der Waals surface area contributed by atoms with Crippen LogP contribution in [0, 0.1) is 6.92 Å². The van der Waals surface area contributed by atoms with Crippen molar-refractivity contribution in [3.8, 4) is 11.5 Å². The molecule has 3 aromatic carbocycles. The number of rotatable bonds is 6. The Kier molecular flexibility index (Phi) is 6.06. The molecule has 0 aliphatic carbocycles. The van der Waals surface area contributed by atoms with Crippen LogP contribution in [0.3, 0.4) is 0 Å². The molecular weight excluding hydrogens is 412 g/mol. The van der Waals surface area contributed by atoms with Gasteiger partial charge in [0.25, 0.3) is 0 Å². The van der Waals surface area contributed by atoms with E-state index in [9.17, 15) is 13.2 Å². The third-order valence-corrected chi connectivity index (χ3v) is 7.16. The lowest BCUT2D eigenvalue weighted by Crippen LogP contribution is -2.43. The number of ether oxygens (including phenoxy) is 1. The summed E-state index contributed by atoms with van der Waals surface area (Å²) in [5.74, 6) is 1.04. The Morgan fingerprint density at radius 1 is 0.935 bits per heavy atom. The first kappa shape index (κ1) is 21.1. The monoisotopic (exact) mass is 436 g/mol. The lowest BCUT2D eigenvalue weighted by molar-refractivity contribution is -0.119. The first-order valence-corrected chi connectivity index (χ1v) is 11.6. The Labute approximate surface area is 182 Å². The van der Waals surface area contributed by atoms with E-state index in [4.69, 9.17) is 4.74 Å². The van der Waals surface area contributed by atoms with E-state index in [0.29, 0.717) is 30.8 Å². The van der Waals surface area contributed by atoms with Crippen LogP contribution < -0.4 is 10.1 Å². The van der Waals surface area contributed by atoms with Gasteiger partial charge in [0.15, 0.2) is 0 Å². The minimum atomic E-state index is -3.73. The molecule has 1 N–H and O–H groups in total. The number of hydrogen-bond donors (Lipinski definition) is 1. The molecule has 4 rings (SSSR count). The predicted molar refractivity (Wildman–Crippen MR) is 120 cm³/mol. The van der Waals surface area contributed by atoms with Crippen LogP contribution in [-0.4, -0.2) is 31.2 Å². The molecule has 1 amide bonds. The van der Waals surface area contributed by atoms with E-state index in [1.165, 1.54) is 4.31 Å². The van der Waals surface area contributed by atoms with Gasteiger partial charge >= 0.3 is 0 Å². The Hall–Kier alpha value is -3.16. The molecule has 0 aromatic heterocycles. The van der Waals surface area contributed by atoms with E-state index in [2.05, 4.69) is 5.32 Å². The van der Waals surface area contributed by atoms with Crippen molar-refractivity contribution in [1.82, 2.24) is 4.31 Å². The van der Waals surface area contributed by atoms with Crippen molar-refractivity contribution in [2.75, 3.05) is 11.9 Å². The number of hydrogen-bond acceptors (Lipinski definition) is 4. The summed E-state index contributed by atoms with van der Waals surface area (Å²) in [5.41, 5.74) is 1.57. The number of amides is 1. The van der Waals surface area contributed by atoms with Crippen molar-refractivity contribution >= 4 is 21.6 Å². The maximum absolute atomic E-state index is 13.1. The fourth-order valence-corrected chi connectivity index (χ4v) is 5.25. The highest BCUT2D eigenvalue weighted by Gasteiger charge is 2.39. The molecule has 6 nitrogen and oxygen atoms in total. The first-order chi connectivity index (χ1) is 14.9. The summed E-state index contributed by atoms with van der Waals surface area (Å²) in [6.45, 7) is 2.23. The molecule has 0 saturated carbocycles. The van der Waals surface area contributed by atoms with E-state index in [-0.39, 0.29) is 10.8 Å². The maximum atomic E-state index is 13.1. The molecule has 160 valence electrons. The van der Waals surface area contributed by atoms with E-state index in [0.717, 1.165) is 11.3 Å². The highest BCUT2D eigenvalue weighted by atomic mass is 32.2. The minimum Gasteiger partial charge on any atom is -0.457 e. The van der Waals surface area contributed by atoms with Crippen LogP contribution in [-0.2, 0) is 14.8 Å². The Morgan fingerprint density at radius 3 is 2.26 bits per heavy atom. The van der Waals surface area contributed by atoms with Crippen LogP contribution in [0.1, 0.15) is 18.4 Å². The predicted octanol–water partition coefficient (Wildman–Crippen LogP) is 4.58. The fourth-order valence-electron chi connectivity index (χ4n) is 3.59. The number of carbonyl (C=O) groups excluding carboxylic acids is 1. The molecule has 3 aromatic rings. The standard InChI is InChI=1S/C24H24N2O4S/c1-18-9-15-22(16-10-18)31(28,29)26-17-5-8-23(26)24(27)25-19-11-13-21(14-12-19)30-20-6-3-2-4-7-20/h2-4,6-7,9-16,23H,5,8,17H2,1H3,(H,25,27)/t23-/m1/s1. The van der Waals surface area contributed by atoms with E-state index >= 15 is 0 Å². The summed E-state index contributed by atoms with van der Waals surface area (Å²) in [4.78, 5) is 13.1. The minimum absolute atomic E-state index is 0.209. The van der Waals surface area contributed by atoms with E-state index < -0.39 is 16.1 Å². The molecule has 0 radical (unpaired) electrons. The van der Waals surface area contributed by atoms with Gasteiger partial charge in [0, 0.05) is 12.2 Å². The molecule has 31 heavy (non-hydrogen) atoms. The summed E-state index contributed by atoms with van der Waals surface area (Å²) < 4.78 is 33.2. The second-order valence-corrected chi connectivity index (χ2v) is 9.41. The van der Waals surface area contributed by atoms with Gasteiger partial charge in [0.2, 0.25) is 15.9 Å². The third kappa shape index (κ3) is 4.78. The fraction of sp³-hybridized carbons (Fsp3) is 0.208. The Morgan fingerprint density at radius 2 is 1.58 bits per heavy atom. The second kappa shape index (κ2) is 8.91. The molecule has 1 atom stereocenters. The summed E-state index contributed by atoms with van der Waals surface area (Å²) >= 11 is 0. The average molecular weight is 437 g/mol. The summed E-state index contributed by atoms with van der Waals surface area (Å²) in [7, 11) is -3.73. The van der Waals surface area contributed by atoms with Gasteiger partial charge in [-0.05, 0) is 68.3 Å². The van der Waals surface area contributed by atoms with Crippen LogP contribution >= 0.6 is 0 Å². The number of nitrogens with one attached hydrogen (secondary N) is 1. The summed E-state index contributed by atoms with van der Waals surface area (Å²) in [6.07, 6.45) is 1.14. The van der Waals surface area contributed by atoms with Crippen LogP contribution in [0.4, 0.5) is 5.69 Å². The number of anilines is 1. The highest BCUT2D eigenvalue weighted by molar-refractivity contribution is 7.89. The van der Waals surface area contributed by atoms with Crippen LogP contribution in [0.2, 0.25) is 0 Å². The van der Waals surface area contributed by atoms with Crippen LogP contribution in [0.15, 0.2) is 83.8 Å². The zero-order chi connectivity index (χ0) is 21.8. The van der Waals surface area contributed by atoms with Crippen molar-refractivity contribution < 1.29 is 17.9 Å². The smallest absolute Gasteiger partial charge is 0.243 e.